The maximum absolute atomic E-state index is 5.77. The number of benzene rings is 2. The van der Waals surface area contributed by atoms with E-state index in [9.17, 15) is 0 Å². The van der Waals surface area contributed by atoms with Crippen LogP contribution in [0, 0.1) is 0 Å². The summed E-state index contributed by atoms with van der Waals surface area (Å²) in [6.07, 6.45) is 0. The second kappa shape index (κ2) is 10.1. The molecule has 30 heavy (non-hydrogen) atoms. The van der Waals surface area contributed by atoms with Gasteiger partial charge in [-0.25, -0.2) is 4.74 Å². The summed E-state index contributed by atoms with van der Waals surface area (Å²) in [7, 11) is -2.17. The van der Waals surface area contributed by atoms with Gasteiger partial charge in [0.25, 0.3) is 0 Å². The molecule has 0 aromatic heterocycles. The number of morpholine rings is 1. The fourth-order valence-corrected chi connectivity index (χ4v) is 8.41. The molecule has 2 aromatic carbocycles. The predicted molar refractivity (Wildman–Crippen MR) is 131 cm³/mol. The zero-order valence-corrected chi connectivity index (χ0v) is 20.0. The van der Waals surface area contributed by atoms with Crippen LogP contribution >= 0.6 is 19.4 Å². The molecule has 0 amide bonds. The van der Waals surface area contributed by atoms with E-state index in [1.165, 1.54) is 5.30 Å². The van der Waals surface area contributed by atoms with E-state index in [1.807, 2.05) is 31.2 Å². The third kappa shape index (κ3) is 5.12. The van der Waals surface area contributed by atoms with Crippen molar-refractivity contribution in [2.24, 2.45) is 4.74 Å². The Morgan fingerprint density at radius 1 is 1.10 bits per heavy atom. The SMILES string of the molecule is CCOc1ccc(NC(=S)N=P(c2ccccc2)(N2CCOCC2)C(C)(C)C)cc1. The molecule has 1 aliphatic heterocycles. The average Bonchev–Trinajstić information content (AvgIpc) is 2.74. The van der Waals surface area contributed by atoms with Crippen LogP contribution in [-0.2, 0) is 4.74 Å². The van der Waals surface area contributed by atoms with Crippen LogP contribution in [0.1, 0.15) is 27.7 Å². The van der Waals surface area contributed by atoms with E-state index in [2.05, 4.69) is 61.1 Å². The van der Waals surface area contributed by atoms with E-state index in [-0.39, 0.29) is 5.16 Å². The minimum absolute atomic E-state index is 0.0870. The standard InChI is InChI=1S/C23H32N3O2PS/c1-5-28-20-13-11-19(12-14-20)24-22(30)25-29(23(2,3)4,21-9-7-6-8-10-21)26-15-17-27-18-16-26/h6-14H,5,15-18H2,1-4H3,(H,24,30). The highest BCUT2D eigenvalue weighted by Gasteiger charge is 2.41. The van der Waals surface area contributed by atoms with Crippen LogP contribution in [0.25, 0.3) is 0 Å². The van der Waals surface area contributed by atoms with Gasteiger partial charge >= 0.3 is 0 Å². The van der Waals surface area contributed by atoms with Crippen LogP contribution in [0.4, 0.5) is 5.69 Å². The van der Waals surface area contributed by atoms with Crippen LogP contribution < -0.4 is 15.4 Å². The summed E-state index contributed by atoms with van der Waals surface area (Å²) >= 11 is 5.77. The topological polar surface area (TPSA) is 46.1 Å². The molecule has 5 nitrogen and oxygen atoms in total. The number of rotatable bonds is 5. The minimum atomic E-state index is -2.17. The molecule has 0 saturated carbocycles. The summed E-state index contributed by atoms with van der Waals surface area (Å²) in [6, 6.07) is 18.5. The molecule has 0 bridgehead atoms. The summed E-state index contributed by atoms with van der Waals surface area (Å²) < 4.78 is 19.0. The first-order valence-corrected chi connectivity index (χ1v) is 12.5. The number of hydrogen-bond acceptors (Lipinski definition) is 3. The first-order valence-electron chi connectivity index (χ1n) is 10.4. The van der Waals surface area contributed by atoms with Gasteiger partial charge in [0.2, 0.25) is 0 Å². The highest BCUT2D eigenvalue weighted by atomic mass is 32.1. The van der Waals surface area contributed by atoms with Gasteiger partial charge in [-0.3, -0.25) is 4.67 Å². The van der Waals surface area contributed by atoms with Crippen LogP contribution in [0.2, 0.25) is 0 Å². The molecule has 3 rings (SSSR count). The highest BCUT2D eigenvalue weighted by molar-refractivity contribution is 7.82. The van der Waals surface area contributed by atoms with Gasteiger partial charge in [0.15, 0.2) is 5.11 Å². The normalized spacial score (nSPS) is 17.1. The number of anilines is 1. The van der Waals surface area contributed by atoms with Crippen LogP contribution in [-0.4, -0.2) is 47.8 Å². The van der Waals surface area contributed by atoms with Gasteiger partial charge in [0.05, 0.1) is 27.0 Å². The van der Waals surface area contributed by atoms with E-state index in [4.69, 9.17) is 26.4 Å². The monoisotopic (exact) mass is 445 g/mol. The maximum atomic E-state index is 5.77. The first kappa shape index (κ1) is 23.0. The lowest BCUT2D eigenvalue weighted by Gasteiger charge is -2.46. The first-order chi connectivity index (χ1) is 14.4. The van der Waals surface area contributed by atoms with Gasteiger partial charge in [0.1, 0.15) is 5.75 Å². The average molecular weight is 446 g/mol. The van der Waals surface area contributed by atoms with Crippen LogP contribution in [0.5, 0.6) is 5.75 Å². The van der Waals surface area contributed by atoms with Crippen molar-refractivity contribution in [2.75, 3.05) is 38.2 Å². The van der Waals surface area contributed by atoms with Crippen molar-refractivity contribution < 1.29 is 9.47 Å². The van der Waals surface area contributed by atoms with Gasteiger partial charge < -0.3 is 14.8 Å². The molecule has 1 N–H and O–H groups in total. The molecular formula is C23H32N3O2PS. The number of nitrogens with one attached hydrogen (secondary N) is 1. The molecule has 0 aliphatic carbocycles. The molecule has 0 radical (unpaired) electrons. The van der Waals surface area contributed by atoms with Gasteiger partial charge in [-0.1, -0.05) is 51.1 Å². The Morgan fingerprint density at radius 2 is 1.73 bits per heavy atom. The number of ether oxygens (including phenoxy) is 2. The third-order valence-corrected chi connectivity index (χ3v) is 10.0. The molecule has 1 atom stereocenters. The Hall–Kier alpha value is -1.72. The zero-order valence-electron chi connectivity index (χ0n) is 18.3. The lowest BCUT2D eigenvalue weighted by molar-refractivity contribution is 0.0738. The Balaban J connectivity index is 2.01. The third-order valence-electron chi connectivity index (χ3n) is 5.10. The number of hydrogen-bond donors (Lipinski definition) is 1. The quantitative estimate of drug-likeness (QED) is 0.496. The molecule has 162 valence electrons. The fourth-order valence-electron chi connectivity index (χ4n) is 3.81. The second-order valence-electron chi connectivity index (χ2n) is 8.16. The largest absolute Gasteiger partial charge is 0.494 e. The summed E-state index contributed by atoms with van der Waals surface area (Å²) in [4.78, 5) is 0. The molecule has 1 heterocycles. The van der Waals surface area contributed by atoms with E-state index < -0.39 is 7.21 Å². The van der Waals surface area contributed by atoms with Crippen molar-refractivity contribution in [3.8, 4) is 5.75 Å². The summed E-state index contributed by atoms with van der Waals surface area (Å²) in [5.41, 5.74) is 0.911. The smallest absolute Gasteiger partial charge is 0.197 e. The van der Waals surface area contributed by atoms with E-state index in [0.717, 1.165) is 37.7 Å². The lowest BCUT2D eigenvalue weighted by Crippen LogP contribution is -2.43. The Kier molecular flexibility index (Phi) is 7.70. The highest BCUT2D eigenvalue weighted by Crippen LogP contribution is 2.62. The Labute approximate surface area is 185 Å². The Bertz CT molecular complexity index is 889. The molecule has 2 aromatic rings. The molecule has 1 aliphatic rings. The van der Waals surface area contributed by atoms with Gasteiger partial charge in [-0.2, -0.15) is 0 Å². The van der Waals surface area contributed by atoms with Crippen LogP contribution in [0.3, 0.4) is 0 Å². The van der Waals surface area contributed by atoms with E-state index >= 15 is 0 Å². The van der Waals surface area contributed by atoms with E-state index in [0.29, 0.717) is 11.7 Å². The van der Waals surface area contributed by atoms with Crippen molar-refractivity contribution in [2.45, 2.75) is 32.9 Å². The van der Waals surface area contributed by atoms with Gasteiger partial charge in [-0.05, 0) is 43.4 Å². The molecule has 0 spiro atoms. The Morgan fingerprint density at radius 3 is 2.30 bits per heavy atom. The summed E-state index contributed by atoms with van der Waals surface area (Å²) in [5, 5.41) is 5.00. The predicted octanol–water partition coefficient (Wildman–Crippen LogP) is 5.35. The second-order valence-corrected chi connectivity index (χ2v) is 12.4. The zero-order chi connectivity index (χ0) is 21.6. The maximum Gasteiger partial charge on any atom is 0.197 e. The van der Waals surface area contributed by atoms with E-state index in [1.54, 1.807) is 0 Å². The molecule has 7 heteroatoms. The minimum Gasteiger partial charge on any atom is -0.494 e. The van der Waals surface area contributed by atoms with Crippen LogP contribution in [0.15, 0.2) is 59.3 Å². The molecule has 1 fully saturated rings. The molecule has 1 saturated heterocycles. The van der Waals surface area contributed by atoms with Crippen molar-refractivity contribution >= 4 is 35.5 Å². The summed E-state index contributed by atoms with van der Waals surface area (Å²) in [6.45, 7) is 12.6. The van der Waals surface area contributed by atoms with Crippen molar-refractivity contribution in [3.63, 3.8) is 0 Å². The number of thiocarbonyl (C=S) groups is 1. The van der Waals surface area contributed by atoms with Crippen molar-refractivity contribution in [1.29, 1.82) is 0 Å². The summed E-state index contributed by atoms with van der Waals surface area (Å²) in [5.74, 6) is 0.847. The lowest BCUT2D eigenvalue weighted by atomic mass is 10.3. The number of nitrogens with zero attached hydrogens (tertiary/aromatic N) is 2. The fraction of sp³-hybridized carbons (Fsp3) is 0.435. The van der Waals surface area contributed by atoms with Crippen molar-refractivity contribution in [1.82, 2.24) is 4.67 Å². The van der Waals surface area contributed by atoms with Gasteiger partial charge in [-0.15, -0.1) is 0 Å². The molecular weight excluding hydrogens is 413 g/mol. The van der Waals surface area contributed by atoms with Gasteiger partial charge in [0, 0.05) is 29.2 Å². The molecule has 1 unspecified atom stereocenters. The van der Waals surface area contributed by atoms with Crippen molar-refractivity contribution in [3.05, 3.63) is 54.6 Å².